The fourth-order valence-electron chi connectivity index (χ4n) is 2.98. The van der Waals surface area contributed by atoms with Gasteiger partial charge in [-0.1, -0.05) is 12.1 Å². The van der Waals surface area contributed by atoms with Crippen molar-refractivity contribution in [1.29, 1.82) is 0 Å². The van der Waals surface area contributed by atoms with Crippen LogP contribution in [0.4, 0.5) is 15.8 Å². The summed E-state index contributed by atoms with van der Waals surface area (Å²) < 4.78 is 19.1. The van der Waals surface area contributed by atoms with Crippen LogP contribution in [0.15, 0.2) is 42.5 Å². The first kappa shape index (κ1) is 16.1. The van der Waals surface area contributed by atoms with E-state index in [1.54, 1.807) is 7.11 Å². The van der Waals surface area contributed by atoms with Crippen LogP contribution in [0.25, 0.3) is 0 Å². The molecule has 6 heteroatoms. The van der Waals surface area contributed by atoms with E-state index in [4.69, 9.17) is 9.84 Å². The lowest BCUT2D eigenvalue weighted by Gasteiger charge is -2.37. The fraction of sp³-hybridized carbons (Fsp3) is 0.278. The second-order valence-corrected chi connectivity index (χ2v) is 5.65. The summed E-state index contributed by atoms with van der Waals surface area (Å²) in [7, 11) is 1.65. The third kappa shape index (κ3) is 3.27. The van der Waals surface area contributed by atoms with Crippen molar-refractivity contribution in [2.45, 2.75) is 0 Å². The lowest BCUT2D eigenvalue weighted by molar-refractivity contribution is 0.0696. The summed E-state index contributed by atoms with van der Waals surface area (Å²) in [5, 5.41) is 9.07. The Balaban J connectivity index is 1.75. The lowest BCUT2D eigenvalue weighted by Crippen LogP contribution is -2.46. The van der Waals surface area contributed by atoms with Gasteiger partial charge in [-0.05, 0) is 30.3 Å². The van der Waals surface area contributed by atoms with Crippen LogP contribution in [0.1, 0.15) is 10.4 Å². The molecular weight excluding hydrogens is 311 g/mol. The highest BCUT2D eigenvalue weighted by Crippen LogP contribution is 2.29. The maximum Gasteiger partial charge on any atom is 0.335 e. The van der Waals surface area contributed by atoms with Crippen molar-refractivity contribution in [1.82, 2.24) is 0 Å². The van der Waals surface area contributed by atoms with Crippen molar-refractivity contribution in [2.24, 2.45) is 0 Å². The van der Waals surface area contributed by atoms with Gasteiger partial charge in [-0.3, -0.25) is 0 Å². The molecule has 5 nitrogen and oxygen atoms in total. The Hall–Kier alpha value is -2.76. The molecule has 2 aromatic carbocycles. The van der Waals surface area contributed by atoms with Crippen molar-refractivity contribution in [3.8, 4) is 5.75 Å². The molecule has 0 aromatic heterocycles. The van der Waals surface area contributed by atoms with E-state index in [1.807, 2.05) is 29.2 Å². The van der Waals surface area contributed by atoms with Gasteiger partial charge in [0.2, 0.25) is 0 Å². The third-order valence-electron chi connectivity index (χ3n) is 4.20. The zero-order valence-electron chi connectivity index (χ0n) is 13.4. The molecule has 1 N–H and O–H groups in total. The molecule has 0 amide bonds. The van der Waals surface area contributed by atoms with Gasteiger partial charge >= 0.3 is 5.97 Å². The number of carboxylic acids is 1. The van der Waals surface area contributed by atoms with Crippen LogP contribution in [0.3, 0.4) is 0 Å². The highest BCUT2D eigenvalue weighted by molar-refractivity contribution is 5.89. The van der Waals surface area contributed by atoms with Crippen LogP contribution in [-0.2, 0) is 0 Å². The van der Waals surface area contributed by atoms with Crippen molar-refractivity contribution in [3.05, 3.63) is 53.8 Å². The number of piperazine rings is 1. The van der Waals surface area contributed by atoms with E-state index >= 15 is 0 Å². The summed E-state index contributed by atoms with van der Waals surface area (Å²) in [6.45, 7) is 2.86. The number of rotatable bonds is 4. The van der Waals surface area contributed by atoms with Gasteiger partial charge in [0.25, 0.3) is 0 Å². The second kappa shape index (κ2) is 6.78. The van der Waals surface area contributed by atoms with Gasteiger partial charge in [-0.25, -0.2) is 9.18 Å². The molecular formula is C18H19FN2O3. The number of aromatic carboxylic acids is 1. The topological polar surface area (TPSA) is 53.0 Å². The number of hydrogen-bond donors (Lipinski definition) is 1. The van der Waals surface area contributed by atoms with Gasteiger partial charge in [0.1, 0.15) is 11.6 Å². The molecule has 0 bridgehead atoms. The minimum absolute atomic E-state index is 0.0304. The van der Waals surface area contributed by atoms with Crippen LogP contribution in [0, 0.1) is 5.82 Å². The van der Waals surface area contributed by atoms with E-state index in [-0.39, 0.29) is 5.56 Å². The number of methoxy groups -OCH3 is 1. The average Bonchev–Trinajstić information content (AvgIpc) is 2.61. The van der Waals surface area contributed by atoms with Gasteiger partial charge in [-0.15, -0.1) is 0 Å². The van der Waals surface area contributed by atoms with Crippen LogP contribution < -0.4 is 14.5 Å². The van der Waals surface area contributed by atoms with Crippen molar-refractivity contribution in [3.63, 3.8) is 0 Å². The number of nitrogens with zero attached hydrogens (tertiary/aromatic N) is 2. The molecule has 1 saturated heterocycles. The Labute approximate surface area is 139 Å². The Morgan fingerprint density at radius 1 is 1.08 bits per heavy atom. The van der Waals surface area contributed by atoms with E-state index in [1.165, 1.54) is 12.1 Å². The first-order valence-corrected chi connectivity index (χ1v) is 7.75. The molecule has 1 fully saturated rings. The van der Waals surface area contributed by atoms with Gasteiger partial charge in [-0.2, -0.15) is 0 Å². The number of halogens is 1. The second-order valence-electron chi connectivity index (χ2n) is 5.65. The average molecular weight is 330 g/mol. The minimum atomic E-state index is -1.12. The maximum atomic E-state index is 13.7. The van der Waals surface area contributed by atoms with Crippen molar-refractivity contribution >= 4 is 17.3 Å². The normalized spacial score (nSPS) is 14.6. The first-order valence-electron chi connectivity index (χ1n) is 7.75. The zero-order chi connectivity index (χ0) is 17.1. The lowest BCUT2D eigenvalue weighted by atomic mass is 10.1. The molecule has 1 aliphatic rings. The summed E-state index contributed by atoms with van der Waals surface area (Å²) in [6.07, 6.45) is 0. The molecule has 0 aliphatic carbocycles. The highest BCUT2D eigenvalue weighted by Gasteiger charge is 2.21. The Kier molecular flexibility index (Phi) is 4.55. The van der Waals surface area contributed by atoms with E-state index in [9.17, 15) is 9.18 Å². The molecule has 24 heavy (non-hydrogen) atoms. The number of para-hydroxylation sites is 2. The third-order valence-corrected chi connectivity index (χ3v) is 4.20. The molecule has 0 radical (unpaired) electrons. The Morgan fingerprint density at radius 3 is 2.42 bits per heavy atom. The number of benzene rings is 2. The van der Waals surface area contributed by atoms with E-state index in [0.717, 1.165) is 30.6 Å². The summed E-state index contributed by atoms with van der Waals surface area (Å²) >= 11 is 0. The predicted molar refractivity (Wildman–Crippen MR) is 90.8 cm³/mol. The number of anilines is 2. The summed E-state index contributed by atoms with van der Waals surface area (Å²) in [6, 6.07) is 11.8. The van der Waals surface area contributed by atoms with E-state index < -0.39 is 11.8 Å². The zero-order valence-corrected chi connectivity index (χ0v) is 13.4. The SMILES string of the molecule is COc1ccccc1N1CCN(c2cc(F)cc(C(=O)O)c2)CC1. The number of carbonyl (C=O) groups is 1. The first-order chi connectivity index (χ1) is 11.6. The highest BCUT2D eigenvalue weighted by atomic mass is 19.1. The summed E-state index contributed by atoms with van der Waals surface area (Å²) in [5.74, 6) is -0.828. The van der Waals surface area contributed by atoms with E-state index in [0.29, 0.717) is 18.8 Å². The van der Waals surface area contributed by atoms with Gasteiger partial charge in [0.05, 0.1) is 18.4 Å². The number of carboxylic acid groups (broad SMARTS) is 1. The van der Waals surface area contributed by atoms with Crippen molar-refractivity contribution < 1.29 is 19.0 Å². The van der Waals surface area contributed by atoms with Crippen molar-refractivity contribution in [2.75, 3.05) is 43.1 Å². The molecule has 1 heterocycles. The number of ether oxygens (including phenoxy) is 1. The van der Waals surface area contributed by atoms with Crippen LogP contribution in [-0.4, -0.2) is 44.4 Å². The maximum absolute atomic E-state index is 13.7. The van der Waals surface area contributed by atoms with Crippen LogP contribution in [0.2, 0.25) is 0 Å². The summed E-state index contributed by atoms with van der Waals surface area (Å²) in [5.41, 5.74) is 1.61. The molecule has 1 aliphatic heterocycles. The Bertz CT molecular complexity index is 743. The van der Waals surface area contributed by atoms with Crippen LogP contribution in [0.5, 0.6) is 5.75 Å². The van der Waals surface area contributed by atoms with Crippen LogP contribution >= 0.6 is 0 Å². The smallest absolute Gasteiger partial charge is 0.335 e. The molecule has 0 spiro atoms. The largest absolute Gasteiger partial charge is 0.495 e. The summed E-state index contributed by atoms with van der Waals surface area (Å²) in [4.78, 5) is 15.3. The molecule has 0 atom stereocenters. The van der Waals surface area contributed by atoms with E-state index in [2.05, 4.69) is 4.90 Å². The molecule has 3 rings (SSSR count). The molecule has 0 unspecified atom stereocenters. The molecule has 2 aromatic rings. The van der Waals surface area contributed by atoms with Gasteiger partial charge < -0.3 is 19.6 Å². The standard InChI is InChI=1S/C18H19FN2O3/c1-24-17-5-3-2-4-16(17)21-8-6-20(7-9-21)15-11-13(18(22)23)10-14(19)12-15/h2-5,10-12H,6-9H2,1H3,(H,22,23). The number of hydrogen-bond acceptors (Lipinski definition) is 4. The molecule has 126 valence electrons. The van der Waals surface area contributed by atoms with Gasteiger partial charge in [0, 0.05) is 31.9 Å². The Morgan fingerprint density at radius 2 is 1.75 bits per heavy atom. The quantitative estimate of drug-likeness (QED) is 0.934. The predicted octanol–water partition coefficient (Wildman–Crippen LogP) is 2.86. The molecule has 0 saturated carbocycles. The minimum Gasteiger partial charge on any atom is -0.495 e. The monoisotopic (exact) mass is 330 g/mol. The fourth-order valence-corrected chi connectivity index (χ4v) is 2.98. The van der Waals surface area contributed by atoms with Gasteiger partial charge in [0.15, 0.2) is 0 Å².